The van der Waals surface area contributed by atoms with Crippen LogP contribution in [0.5, 0.6) is 6.01 Å². The maximum atomic E-state index is 12.6. The van der Waals surface area contributed by atoms with Crippen LogP contribution in [0.2, 0.25) is 5.02 Å². The molecule has 1 atom stereocenters. The van der Waals surface area contributed by atoms with Gasteiger partial charge in [0, 0.05) is 54.8 Å². The zero-order valence-electron chi connectivity index (χ0n) is 25.8. The fraction of sp³-hybridized carbons (Fsp3) is 0.486. The predicted octanol–water partition coefficient (Wildman–Crippen LogP) is 5.22. The number of nitrogens with zero attached hydrogens (tertiary/aromatic N) is 7. The highest BCUT2D eigenvalue weighted by Crippen LogP contribution is 2.47. The monoisotopic (exact) mass is 625 g/mol. The Morgan fingerprint density at radius 2 is 1.89 bits per heavy atom. The van der Waals surface area contributed by atoms with Gasteiger partial charge in [0.05, 0.1) is 42.4 Å². The minimum Gasteiger partial charge on any atom is -0.463 e. The second-order valence-electron chi connectivity index (χ2n) is 13.0. The first-order valence-corrected chi connectivity index (χ1v) is 16.6. The molecule has 10 heteroatoms. The molecule has 1 unspecified atom stereocenters. The lowest BCUT2D eigenvalue weighted by Gasteiger charge is -2.42. The summed E-state index contributed by atoms with van der Waals surface area (Å²) in [4.78, 5) is 31.6. The number of likely N-dealkylation sites (tertiary alicyclic amines) is 1. The van der Waals surface area contributed by atoms with E-state index in [0.29, 0.717) is 38.8 Å². The molecule has 4 heterocycles. The second-order valence-corrected chi connectivity index (χ2v) is 13.4. The first-order valence-electron chi connectivity index (χ1n) is 16.2. The van der Waals surface area contributed by atoms with Gasteiger partial charge in [0.2, 0.25) is 5.91 Å². The number of hydrogen-bond acceptors (Lipinski definition) is 8. The summed E-state index contributed by atoms with van der Waals surface area (Å²) < 4.78 is 6.48. The van der Waals surface area contributed by atoms with Crippen LogP contribution in [0.25, 0.3) is 10.8 Å². The molecule has 7 rings (SSSR count). The van der Waals surface area contributed by atoms with Crippen molar-refractivity contribution in [3.63, 3.8) is 0 Å². The van der Waals surface area contributed by atoms with Gasteiger partial charge >= 0.3 is 6.01 Å². The van der Waals surface area contributed by atoms with E-state index < -0.39 is 0 Å². The van der Waals surface area contributed by atoms with Crippen molar-refractivity contribution in [2.75, 3.05) is 62.2 Å². The third kappa shape index (κ3) is 6.06. The van der Waals surface area contributed by atoms with Crippen LogP contribution in [-0.4, -0.2) is 84.1 Å². The first kappa shape index (κ1) is 29.8. The Kier molecular flexibility index (Phi) is 8.28. The highest BCUT2D eigenvalue weighted by Gasteiger charge is 2.45. The van der Waals surface area contributed by atoms with Gasteiger partial charge in [-0.2, -0.15) is 15.2 Å². The molecular formula is C35H40ClN7O2. The lowest BCUT2D eigenvalue weighted by atomic mass is 10.0. The van der Waals surface area contributed by atoms with Gasteiger partial charge in [0.1, 0.15) is 5.82 Å². The number of aromatic nitrogens is 2. The minimum atomic E-state index is -0.239. The zero-order valence-corrected chi connectivity index (χ0v) is 26.5. The van der Waals surface area contributed by atoms with Gasteiger partial charge in [-0.1, -0.05) is 42.4 Å². The van der Waals surface area contributed by atoms with Crippen LogP contribution in [0.15, 0.2) is 49.1 Å². The molecule has 3 fully saturated rings. The average molecular weight is 626 g/mol. The Balaban J connectivity index is 1.20. The van der Waals surface area contributed by atoms with Gasteiger partial charge < -0.3 is 24.3 Å². The number of ether oxygens (including phenoxy) is 1. The van der Waals surface area contributed by atoms with E-state index in [4.69, 9.17) is 26.3 Å². The molecule has 0 radical (unpaired) electrons. The number of anilines is 2. The van der Waals surface area contributed by atoms with Crippen molar-refractivity contribution in [2.24, 2.45) is 5.41 Å². The molecule has 2 saturated heterocycles. The van der Waals surface area contributed by atoms with Gasteiger partial charge in [-0.05, 0) is 68.8 Å². The lowest BCUT2D eigenvalue weighted by Crippen LogP contribution is -2.55. The lowest BCUT2D eigenvalue weighted by molar-refractivity contribution is -0.128. The topological polar surface area (TPSA) is 88.8 Å². The highest BCUT2D eigenvalue weighted by atomic mass is 35.5. The van der Waals surface area contributed by atoms with E-state index in [0.717, 1.165) is 58.1 Å². The molecule has 45 heavy (non-hydrogen) atoms. The number of carbonyl (C=O) groups is 1. The van der Waals surface area contributed by atoms with Crippen LogP contribution >= 0.6 is 11.6 Å². The quantitative estimate of drug-likeness (QED) is 0.299. The molecule has 3 aliphatic heterocycles. The van der Waals surface area contributed by atoms with Gasteiger partial charge in [-0.25, -0.2) is 0 Å². The standard InChI is InChI=1S/C35H40ClN7O2/c1-2-31(44)43-20-19-42(21-26(43)11-15-37)33-27-12-18-41(30-10-6-8-25-7-5-9-28(36)32(25)30)22-29(27)38-34(39-33)45-24-35(13-14-35)23-40-16-3-4-17-40/h2,5-10,26H,1,3-4,11-14,16-24H2. The predicted molar refractivity (Wildman–Crippen MR) is 177 cm³/mol. The van der Waals surface area contributed by atoms with Crippen LogP contribution in [0.3, 0.4) is 0 Å². The Morgan fingerprint density at radius 1 is 1.09 bits per heavy atom. The van der Waals surface area contributed by atoms with Crippen molar-refractivity contribution in [1.82, 2.24) is 19.8 Å². The van der Waals surface area contributed by atoms with Crippen molar-refractivity contribution in [1.29, 1.82) is 5.26 Å². The summed E-state index contributed by atoms with van der Waals surface area (Å²) >= 11 is 6.73. The SMILES string of the molecule is C=CC(=O)N1CCN(c2nc(OCC3(CN4CCCC4)CC3)nc3c2CCN(c2cccc4cccc(Cl)c24)C3)CC1CC#N. The number of carbonyl (C=O) groups excluding carboxylic acids is 1. The third-order valence-electron chi connectivity index (χ3n) is 9.98. The Morgan fingerprint density at radius 3 is 2.64 bits per heavy atom. The number of hydrogen-bond donors (Lipinski definition) is 0. The number of fused-ring (bicyclic) bond motifs is 2. The molecule has 1 amide bonds. The smallest absolute Gasteiger partial charge is 0.318 e. The van der Waals surface area contributed by atoms with Gasteiger partial charge in [-0.3, -0.25) is 4.79 Å². The van der Waals surface area contributed by atoms with E-state index in [1.807, 2.05) is 12.1 Å². The van der Waals surface area contributed by atoms with E-state index in [1.165, 1.54) is 44.8 Å². The molecule has 9 nitrogen and oxygen atoms in total. The van der Waals surface area contributed by atoms with E-state index in [-0.39, 0.29) is 23.8 Å². The van der Waals surface area contributed by atoms with Crippen molar-refractivity contribution in [3.8, 4) is 12.1 Å². The van der Waals surface area contributed by atoms with Crippen LogP contribution < -0.4 is 14.5 Å². The molecule has 1 aliphatic carbocycles. The Hall–Kier alpha value is -3.87. The maximum Gasteiger partial charge on any atom is 0.318 e. The molecule has 2 aromatic carbocycles. The van der Waals surface area contributed by atoms with E-state index in [1.54, 1.807) is 4.90 Å². The Labute approximate surface area is 270 Å². The summed E-state index contributed by atoms with van der Waals surface area (Å²) in [6, 6.07) is 14.8. The minimum absolute atomic E-state index is 0.138. The number of halogens is 1. The molecule has 0 bridgehead atoms. The summed E-state index contributed by atoms with van der Waals surface area (Å²) in [6.45, 7) is 10.8. The molecule has 234 valence electrons. The van der Waals surface area contributed by atoms with E-state index in [2.05, 4.69) is 51.6 Å². The summed E-state index contributed by atoms with van der Waals surface area (Å²) in [6.07, 6.45) is 7.26. The summed E-state index contributed by atoms with van der Waals surface area (Å²) in [5.74, 6) is 0.726. The Bertz CT molecular complexity index is 1640. The second kappa shape index (κ2) is 12.5. The fourth-order valence-electron chi connectivity index (χ4n) is 7.35. The molecule has 3 aromatic rings. The van der Waals surface area contributed by atoms with Gasteiger partial charge in [0.15, 0.2) is 0 Å². The third-order valence-corrected chi connectivity index (χ3v) is 10.3. The van der Waals surface area contributed by atoms with Crippen LogP contribution in [0.1, 0.15) is 43.4 Å². The highest BCUT2D eigenvalue weighted by molar-refractivity contribution is 6.36. The fourth-order valence-corrected chi connectivity index (χ4v) is 7.63. The molecule has 0 spiro atoms. The normalized spacial score (nSPS) is 21.0. The largest absolute Gasteiger partial charge is 0.463 e. The maximum absolute atomic E-state index is 12.6. The summed E-state index contributed by atoms with van der Waals surface area (Å²) in [7, 11) is 0. The number of piperazine rings is 1. The zero-order chi connectivity index (χ0) is 31.0. The number of nitriles is 1. The van der Waals surface area contributed by atoms with Crippen molar-refractivity contribution < 1.29 is 9.53 Å². The molecule has 0 N–H and O–H groups in total. The van der Waals surface area contributed by atoms with E-state index in [9.17, 15) is 10.1 Å². The first-order chi connectivity index (χ1) is 22.0. The van der Waals surface area contributed by atoms with Crippen molar-refractivity contribution >= 4 is 39.8 Å². The molecule has 1 aromatic heterocycles. The summed E-state index contributed by atoms with van der Waals surface area (Å²) in [5, 5.41) is 12.5. The van der Waals surface area contributed by atoms with E-state index >= 15 is 0 Å². The van der Waals surface area contributed by atoms with Crippen molar-refractivity contribution in [2.45, 2.75) is 51.1 Å². The summed E-state index contributed by atoms with van der Waals surface area (Å²) in [5.41, 5.74) is 3.35. The number of rotatable bonds is 9. The number of benzene rings is 2. The molecule has 4 aliphatic rings. The van der Waals surface area contributed by atoms with Gasteiger partial charge in [-0.15, -0.1) is 0 Å². The van der Waals surface area contributed by atoms with Gasteiger partial charge in [0.25, 0.3) is 0 Å². The van der Waals surface area contributed by atoms with Crippen LogP contribution in [-0.2, 0) is 17.8 Å². The van der Waals surface area contributed by atoms with Crippen LogP contribution in [0.4, 0.5) is 11.5 Å². The molecular weight excluding hydrogens is 586 g/mol. The average Bonchev–Trinajstić information content (AvgIpc) is 3.64. The van der Waals surface area contributed by atoms with Crippen molar-refractivity contribution in [3.05, 3.63) is 65.3 Å². The van der Waals surface area contributed by atoms with Crippen LogP contribution in [0, 0.1) is 16.7 Å². The molecule has 1 saturated carbocycles. The number of amides is 1.